The summed E-state index contributed by atoms with van der Waals surface area (Å²) in [4.78, 5) is 19.3. The molecule has 0 saturated heterocycles. The summed E-state index contributed by atoms with van der Waals surface area (Å²) in [6.07, 6.45) is 4.07. The van der Waals surface area contributed by atoms with E-state index in [2.05, 4.69) is 4.98 Å². The van der Waals surface area contributed by atoms with Crippen LogP contribution in [0.25, 0.3) is 0 Å². The van der Waals surface area contributed by atoms with E-state index in [1.807, 2.05) is 31.7 Å². The maximum absolute atomic E-state index is 14.5. The van der Waals surface area contributed by atoms with Crippen LogP contribution in [0, 0.1) is 11.2 Å². The summed E-state index contributed by atoms with van der Waals surface area (Å²) < 4.78 is 16.3. The first kappa shape index (κ1) is 17.6. The molecule has 1 heterocycles. The summed E-state index contributed by atoms with van der Waals surface area (Å²) in [5.41, 5.74) is -0.784. The smallest absolute Gasteiger partial charge is 0.234 e. The normalized spacial score (nSPS) is 21.2. The van der Waals surface area contributed by atoms with Crippen molar-refractivity contribution >= 4 is 5.91 Å². The molecule has 1 aliphatic carbocycles. The molecule has 1 aliphatic rings. The number of aliphatic hydroxyl groups excluding tert-OH is 1. The van der Waals surface area contributed by atoms with E-state index in [1.54, 1.807) is 29.3 Å². The van der Waals surface area contributed by atoms with Gasteiger partial charge in [-0.1, -0.05) is 32.0 Å². The first-order chi connectivity index (χ1) is 11.8. The van der Waals surface area contributed by atoms with Crippen LogP contribution in [0.4, 0.5) is 4.39 Å². The highest BCUT2D eigenvalue weighted by Gasteiger charge is 2.68. The van der Waals surface area contributed by atoms with Gasteiger partial charge in [0.1, 0.15) is 11.6 Å². The van der Waals surface area contributed by atoms with Gasteiger partial charge in [-0.2, -0.15) is 0 Å². The minimum absolute atomic E-state index is 0.149. The molecule has 134 valence electrons. The number of halogens is 1. The minimum Gasteiger partial charge on any atom is -0.395 e. The quantitative estimate of drug-likeness (QED) is 0.874. The Kier molecular flexibility index (Phi) is 4.41. The van der Waals surface area contributed by atoms with Crippen molar-refractivity contribution in [1.82, 2.24) is 14.5 Å². The number of amides is 1. The number of rotatable bonds is 6. The van der Waals surface area contributed by atoms with Crippen LogP contribution >= 0.6 is 0 Å². The number of aryl methyl sites for hydroxylation is 1. The summed E-state index contributed by atoms with van der Waals surface area (Å²) in [6.45, 7) is 4.29. The van der Waals surface area contributed by atoms with Crippen LogP contribution in [0.3, 0.4) is 0 Å². The molecule has 25 heavy (non-hydrogen) atoms. The molecule has 1 atom stereocenters. The van der Waals surface area contributed by atoms with Gasteiger partial charge >= 0.3 is 0 Å². The van der Waals surface area contributed by atoms with E-state index in [0.717, 1.165) is 5.82 Å². The van der Waals surface area contributed by atoms with Gasteiger partial charge in [-0.15, -0.1) is 0 Å². The lowest BCUT2D eigenvalue weighted by molar-refractivity contribution is -0.136. The second-order valence-electron chi connectivity index (χ2n) is 7.35. The predicted octanol–water partition coefficient (Wildman–Crippen LogP) is 2.25. The lowest BCUT2D eigenvalue weighted by Crippen LogP contribution is -2.43. The molecule has 1 saturated carbocycles. The first-order valence-electron chi connectivity index (χ1n) is 8.45. The Morgan fingerprint density at radius 3 is 2.60 bits per heavy atom. The molecule has 1 N–H and O–H groups in total. The average molecular weight is 345 g/mol. The van der Waals surface area contributed by atoms with Gasteiger partial charge in [0, 0.05) is 31.5 Å². The molecule has 2 aromatic rings. The van der Waals surface area contributed by atoms with Gasteiger partial charge in [-0.25, -0.2) is 9.37 Å². The van der Waals surface area contributed by atoms with Crippen molar-refractivity contribution in [2.75, 3.05) is 13.2 Å². The highest BCUT2D eigenvalue weighted by atomic mass is 19.1. The van der Waals surface area contributed by atoms with E-state index >= 15 is 0 Å². The Labute approximate surface area is 147 Å². The third kappa shape index (κ3) is 2.84. The fourth-order valence-electron chi connectivity index (χ4n) is 3.73. The average Bonchev–Trinajstić information content (AvgIpc) is 2.92. The number of carbonyl (C=O) groups excluding carboxylic acids is 1. The highest BCUT2D eigenvalue weighted by molar-refractivity contribution is 5.93. The molecular formula is C19H24FN3O2. The Morgan fingerprint density at radius 1 is 1.40 bits per heavy atom. The minimum atomic E-state index is -0.890. The Balaban J connectivity index is 1.97. The monoisotopic (exact) mass is 345 g/mol. The molecule has 0 radical (unpaired) electrons. The fourth-order valence-corrected chi connectivity index (χ4v) is 3.73. The second kappa shape index (κ2) is 6.26. The van der Waals surface area contributed by atoms with Gasteiger partial charge in [-0.3, -0.25) is 4.79 Å². The molecule has 1 aromatic heterocycles. The summed E-state index contributed by atoms with van der Waals surface area (Å²) in [5, 5.41) is 9.43. The fraction of sp³-hybridized carbons (Fsp3) is 0.474. The van der Waals surface area contributed by atoms with Gasteiger partial charge in [0.15, 0.2) is 0 Å². The number of aliphatic hydroxyl groups is 1. The van der Waals surface area contributed by atoms with Crippen LogP contribution in [0.15, 0.2) is 36.7 Å². The predicted molar refractivity (Wildman–Crippen MR) is 92.2 cm³/mol. The SMILES string of the molecule is Cn1ccnc1CN(CCO)C(=O)C1(c2ccccc2F)CC1(C)C. The molecule has 6 heteroatoms. The van der Waals surface area contributed by atoms with Crippen molar-refractivity contribution in [2.24, 2.45) is 12.5 Å². The first-order valence-corrected chi connectivity index (χ1v) is 8.45. The van der Waals surface area contributed by atoms with E-state index in [-0.39, 0.29) is 36.8 Å². The number of aromatic nitrogens is 2. The van der Waals surface area contributed by atoms with Crippen LogP contribution in [0.2, 0.25) is 0 Å². The largest absolute Gasteiger partial charge is 0.395 e. The molecule has 1 amide bonds. The molecule has 1 aromatic carbocycles. The molecule has 1 fully saturated rings. The number of benzene rings is 1. The van der Waals surface area contributed by atoms with Crippen molar-refractivity contribution in [3.63, 3.8) is 0 Å². The summed E-state index contributed by atoms with van der Waals surface area (Å²) in [7, 11) is 1.86. The standard InChI is InChI=1S/C19H24FN3O2/c1-18(2)13-19(18,14-6-4-5-7-15(14)20)17(25)23(10-11-24)12-16-21-8-9-22(16)3/h4-9,24H,10-13H2,1-3H3. The topological polar surface area (TPSA) is 58.4 Å². The zero-order chi connectivity index (χ0) is 18.2. The third-order valence-corrected chi connectivity index (χ3v) is 5.35. The van der Waals surface area contributed by atoms with Crippen molar-refractivity contribution in [1.29, 1.82) is 0 Å². The maximum atomic E-state index is 14.5. The molecule has 0 spiro atoms. The van der Waals surface area contributed by atoms with Crippen LogP contribution in [0.1, 0.15) is 31.7 Å². The van der Waals surface area contributed by atoms with Crippen molar-refractivity contribution in [3.05, 3.63) is 53.9 Å². The Hall–Kier alpha value is -2.21. The summed E-state index contributed by atoms with van der Waals surface area (Å²) >= 11 is 0. The molecular weight excluding hydrogens is 321 g/mol. The van der Waals surface area contributed by atoms with Crippen LogP contribution in [-0.4, -0.2) is 38.6 Å². The zero-order valence-corrected chi connectivity index (χ0v) is 14.9. The van der Waals surface area contributed by atoms with E-state index < -0.39 is 5.41 Å². The molecule has 0 aliphatic heterocycles. The lowest BCUT2D eigenvalue weighted by Gasteiger charge is -2.29. The number of carbonyl (C=O) groups is 1. The highest BCUT2D eigenvalue weighted by Crippen LogP contribution is 2.65. The van der Waals surface area contributed by atoms with Crippen molar-refractivity contribution in [2.45, 2.75) is 32.2 Å². The van der Waals surface area contributed by atoms with E-state index in [9.17, 15) is 14.3 Å². The molecule has 1 unspecified atom stereocenters. The Morgan fingerprint density at radius 2 is 2.08 bits per heavy atom. The van der Waals surface area contributed by atoms with Crippen molar-refractivity contribution < 1.29 is 14.3 Å². The third-order valence-electron chi connectivity index (χ3n) is 5.35. The lowest BCUT2D eigenvalue weighted by atomic mass is 9.86. The molecule has 0 bridgehead atoms. The van der Waals surface area contributed by atoms with Gasteiger partial charge in [0.2, 0.25) is 5.91 Å². The van der Waals surface area contributed by atoms with E-state index in [1.165, 1.54) is 6.07 Å². The maximum Gasteiger partial charge on any atom is 0.234 e. The molecule has 5 nitrogen and oxygen atoms in total. The van der Waals surface area contributed by atoms with Crippen LogP contribution in [-0.2, 0) is 23.8 Å². The summed E-state index contributed by atoms with van der Waals surface area (Å²) in [6, 6.07) is 6.48. The second-order valence-corrected chi connectivity index (χ2v) is 7.35. The van der Waals surface area contributed by atoms with E-state index in [0.29, 0.717) is 12.0 Å². The zero-order valence-electron chi connectivity index (χ0n) is 14.9. The number of nitrogens with zero attached hydrogens (tertiary/aromatic N) is 3. The number of imidazole rings is 1. The Bertz CT molecular complexity index is 786. The number of hydrogen-bond acceptors (Lipinski definition) is 3. The van der Waals surface area contributed by atoms with Crippen LogP contribution in [0.5, 0.6) is 0 Å². The van der Waals surface area contributed by atoms with Crippen molar-refractivity contribution in [3.8, 4) is 0 Å². The number of hydrogen-bond donors (Lipinski definition) is 1. The van der Waals surface area contributed by atoms with Crippen LogP contribution < -0.4 is 0 Å². The molecule has 3 rings (SSSR count). The summed E-state index contributed by atoms with van der Waals surface area (Å²) in [5.74, 6) is 0.214. The van der Waals surface area contributed by atoms with Gasteiger partial charge < -0.3 is 14.6 Å². The van der Waals surface area contributed by atoms with Gasteiger partial charge in [0.25, 0.3) is 0 Å². The van der Waals surface area contributed by atoms with Gasteiger partial charge in [-0.05, 0) is 17.9 Å². The van der Waals surface area contributed by atoms with Gasteiger partial charge in [0.05, 0.1) is 18.6 Å². The van der Waals surface area contributed by atoms with E-state index in [4.69, 9.17) is 0 Å².